The molecule has 0 aromatic rings. The summed E-state index contributed by atoms with van der Waals surface area (Å²) in [6.07, 6.45) is -1.85. The molecule has 1 heterocycles. The lowest BCUT2D eigenvalue weighted by atomic mass is 10.0. The van der Waals surface area contributed by atoms with Gasteiger partial charge in [0, 0.05) is 12.3 Å². The predicted molar refractivity (Wildman–Crippen MR) is 169 cm³/mol. The van der Waals surface area contributed by atoms with E-state index < -0.39 is 115 Å². The van der Waals surface area contributed by atoms with Gasteiger partial charge in [0.25, 0.3) is 0 Å². The number of aliphatic carboxylic acids is 2. The summed E-state index contributed by atoms with van der Waals surface area (Å²) in [6.45, 7) is 1.68. The molecule has 7 amide bonds. The Labute approximate surface area is 279 Å². The lowest BCUT2D eigenvalue weighted by molar-refractivity contribution is -0.143. The van der Waals surface area contributed by atoms with Crippen LogP contribution in [0, 0.1) is 5.92 Å². The lowest BCUT2D eigenvalue weighted by Crippen LogP contribution is -2.60. The van der Waals surface area contributed by atoms with Crippen molar-refractivity contribution in [3.8, 4) is 0 Å². The molecule has 0 unspecified atom stereocenters. The molecule has 0 bridgehead atoms. The molecule has 1 fully saturated rings. The SMILES string of the molecule is CC(C)[C@@H]1NC(=O)[C@H](CC(=O)O)NC(=O)[C@H](CC(=O)O)NC(=O)CNC(=O)[C@H](CCCN=C(N)N)NC(=O)CNC(=O)[C@H](CS)NC1=O. The van der Waals surface area contributed by atoms with Crippen LogP contribution in [0.2, 0.25) is 0 Å². The zero-order valence-corrected chi connectivity index (χ0v) is 27.1. The van der Waals surface area contributed by atoms with Crippen molar-refractivity contribution in [1.29, 1.82) is 0 Å². The van der Waals surface area contributed by atoms with Crippen molar-refractivity contribution in [3.05, 3.63) is 0 Å². The maximum atomic E-state index is 13.1. The van der Waals surface area contributed by atoms with Gasteiger partial charge in [-0.15, -0.1) is 0 Å². The molecule has 1 saturated heterocycles. The molecule has 0 radical (unpaired) electrons. The molecule has 268 valence electrons. The average Bonchev–Trinajstić information content (AvgIpc) is 2.99. The summed E-state index contributed by atoms with van der Waals surface area (Å²) in [4.78, 5) is 117. The zero-order chi connectivity index (χ0) is 36.6. The van der Waals surface area contributed by atoms with Crippen molar-refractivity contribution < 1.29 is 53.4 Å². The van der Waals surface area contributed by atoms with Crippen LogP contribution in [-0.4, -0.2) is 125 Å². The monoisotopic (exact) mass is 702 g/mol. The molecule has 0 aromatic heterocycles. The second-order valence-corrected chi connectivity index (χ2v) is 11.2. The number of carboxylic acid groups (broad SMARTS) is 2. The topological polar surface area (TPSA) is 343 Å². The van der Waals surface area contributed by atoms with Crippen molar-refractivity contribution in [2.24, 2.45) is 22.4 Å². The van der Waals surface area contributed by atoms with E-state index in [1.807, 2.05) is 0 Å². The maximum absolute atomic E-state index is 13.1. The largest absolute Gasteiger partial charge is 0.481 e. The van der Waals surface area contributed by atoms with Crippen LogP contribution in [0.1, 0.15) is 39.5 Å². The molecular weight excluding hydrogens is 660 g/mol. The number of nitrogens with two attached hydrogens (primary N) is 2. The van der Waals surface area contributed by atoms with E-state index in [1.165, 1.54) is 13.8 Å². The van der Waals surface area contributed by atoms with Crippen LogP contribution in [0.25, 0.3) is 0 Å². The lowest BCUT2D eigenvalue weighted by Gasteiger charge is -2.27. The molecule has 1 rings (SSSR count). The number of guanidine groups is 1. The number of thiol groups is 1. The quantitative estimate of drug-likeness (QED) is 0.0437. The van der Waals surface area contributed by atoms with E-state index >= 15 is 0 Å². The first-order valence-electron chi connectivity index (χ1n) is 14.6. The van der Waals surface area contributed by atoms with E-state index in [0.29, 0.717) is 0 Å². The molecule has 5 atom stereocenters. The summed E-state index contributed by atoms with van der Waals surface area (Å²) in [5.41, 5.74) is 10.6. The van der Waals surface area contributed by atoms with Gasteiger partial charge >= 0.3 is 11.9 Å². The Morgan fingerprint density at radius 3 is 1.67 bits per heavy atom. The minimum atomic E-state index is -1.84. The summed E-state index contributed by atoms with van der Waals surface area (Å²) in [5, 5.41) is 34.5. The number of hydrogen-bond acceptors (Lipinski definition) is 11. The second kappa shape index (κ2) is 20.2. The maximum Gasteiger partial charge on any atom is 0.305 e. The molecular formula is C26H42N10O11S. The van der Waals surface area contributed by atoms with Crippen molar-refractivity contribution in [2.45, 2.75) is 69.7 Å². The Hall–Kier alpha value is -5.15. The normalized spacial score (nSPS) is 23.9. The van der Waals surface area contributed by atoms with Crippen LogP contribution in [0.5, 0.6) is 0 Å². The van der Waals surface area contributed by atoms with Crippen molar-refractivity contribution >= 4 is 71.9 Å². The van der Waals surface area contributed by atoms with E-state index in [4.69, 9.17) is 11.5 Å². The fourth-order valence-electron chi connectivity index (χ4n) is 4.13. The first-order chi connectivity index (χ1) is 22.4. The standard InChI is InChI=1S/C26H42N10O11S/c1-11(2)20-25(47)35-15(10-48)22(44)31-8-16(37)32-12(4-3-5-29-26(27)28)21(43)30-9-17(38)33-13(6-18(39)40)23(45)34-14(7-19(41)42)24(46)36-20/h11-15,20,48H,3-10H2,1-2H3,(H,30,43)(H,31,44)(H,32,37)(H,33,38)(H,34,45)(H,35,47)(H,36,46)(H,39,40)(H,41,42)(H4,27,28,29)/t12-,13-,14-,15-,20-/m0/s1. The Kier molecular flexibility index (Phi) is 17.2. The number of carboxylic acids is 2. The number of carbonyl (C=O) groups is 9. The first-order valence-corrected chi connectivity index (χ1v) is 15.2. The number of amides is 7. The highest BCUT2D eigenvalue weighted by Gasteiger charge is 2.34. The molecule has 13 N–H and O–H groups in total. The van der Waals surface area contributed by atoms with Crippen LogP contribution in [0.4, 0.5) is 0 Å². The molecule has 0 aromatic carbocycles. The average molecular weight is 703 g/mol. The number of nitrogens with one attached hydrogen (secondary N) is 7. The summed E-state index contributed by atoms with van der Waals surface area (Å²) >= 11 is 4.06. The third kappa shape index (κ3) is 15.0. The van der Waals surface area contributed by atoms with Crippen LogP contribution in [0.3, 0.4) is 0 Å². The summed E-state index contributed by atoms with van der Waals surface area (Å²) in [7, 11) is 0. The molecule has 1 aliphatic rings. The smallest absolute Gasteiger partial charge is 0.305 e. The fraction of sp³-hybridized carbons (Fsp3) is 0.615. The van der Waals surface area contributed by atoms with E-state index in [1.54, 1.807) is 0 Å². The van der Waals surface area contributed by atoms with Crippen molar-refractivity contribution in [1.82, 2.24) is 37.2 Å². The first kappa shape index (κ1) is 40.9. The van der Waals surface area contributed by atoms with Gasteiger partial charge in [0.15, 0.2) is 5.96 Å². The van der Waals surface area contributed by atoms with E-state index in [2.05, 4.69) is 54.8 Å². The summed E-state index contributed by atoms with van der Waals surface area (Å²) in [5.74, 6) is -11.1. The Balaban J connectivity index is 3.47. The van der Waals surface area contributed by atoms with Gasteiger partial charge in [0.05, 0.1) is 25.9 Å². The molecule has 1 aliphatic heterocycles. The van der Waals surface area contributed by atoms with Gasteiger partial charge in [-0.25, -0.2) is 0 Å². The van der Waals surface area contributed by atoms with Gasteiger partial charge < -0.3 is 58.9 Å². The number of rotatable bonds is 10. The van der Waals surface area contributed by atoms with Crippen molar-refractivity contribution in [2.75, 3.05) is 25.4 Å². The predicted octanol–water partition coefficient (Wildman–Crippen LogP) is -5.75. The Morgan fingerprint density at radius 2 is 1.19 bits per heavy atom. The molecule has 21 nitrogen and oxygen atoms in total. The molecule has 0 aliphatic carbocycles. The van der Waals surface area contributed by atoms with Gasteiger partial charge in [-0.2, -0.15) is 12.6 Å². The van der Waals surface area contributed by atoms with E-state index in [-0.39, 0.29) is 31.1 Å². The van der Waals surface area contributed by atoms with Gasteiger partial charge in [-0.3, -0.25) is 48.1 Å². The molecule has 0 spiro atoms. The summed E-state index contributed by atoms with van der Waals surface area (Å²) in [6, 6.07) is -7.64. The Morgan fingerprint density at radius 1 is 0.729 bits per heavy atom. The van der Waals surface area contributed by atoms with Gasteiger partial charge in [0.2, 0.25) is 41.4 Å². The number of hydrogen-bond donors (Lipinski definition) is 12. The highest BCUT2D eigenvalue weighted by atomic mass is 32.1. The summed E-state index contributed by atoms with van der Waals surface area (Å²) < 4.78 is 0. The molecule has 0 saturated carbocycles. The van der Waals surface area contributed by atoms with E-state index in [0.717, 1.165) is 0 Å². The number of nitrogens with zero attached hydrogens (tertiary/aromatic N) is 1. The van der Waals surface area contributed by atoms with Crippen LogP contribution in [-0.2, 0) is 43.2 Å². The third-order valence-corrected chi connectivity index (χ3v) is 6.91. The Bertz CT molecular complexity index is 1270. The minimum absolute atomic E-state index is 0.0358. The highest BCUT2D eigenvalue weighted by molar-refractivity contribution is 7.80. The third-order valence-electron chi connectivity index (χ3n) is 6.55. The van der Waals surface area contributed by atoms with Gasteiger partial charge in [-0.05, 0) is 18.8 Å². The van der Waals surface area contributed by atoms with Crippen LogP contribution < -0.4 is 48.7 Å². The zero-order valence-electron chi connectivity index (χ0n) is 26.2. The van der Waals surface area contributed by atoms with E-state index in [9.17, 15) is 53.4 Å². The van der Waals surface area contributed by atoms with Gasteiger partial charge in [0.1, 0.15) is 30.2 Å². The molecule has 22 heteroatoms. The van der Waals surface area contributed by atoms with Crippen molar-refractivity contribution in [3.63, 3.8) is 0 Å². The second-order valence-electron chi connectivity index (χ2n) is 10.9. The number of aliphatic imine (C=N–C) groups is 1. The minimum Gasteiger partial charge on any atom is -0.481 e. The highest BCUT2D eigenvalue weighted by Crippen LogP contribution is 2.06. The van der Waals surface area contributed by atoms with Crippen LogP contribution in [0.15, 0.2) is 4.99 Å². The number of carbonyl (C=O) groups excluding carboxylic acids is 7. The molecule has 48 heavy (non-hydrogen) atoms. The fourth-order valence-corrected chi connectivity index (χ4v) is 4.39. The van der Waals surface area contributed by atoms with Gasteiger partial charge in [-0.1, -0.05) is 13.8 Å². The van der Waals surface area contributed by atoms with Crippen LogP contribution >= 0.6 is 12.6 Å².